The van der Waals surface area contributed by atoms with E-state index < -0.39 is 5.54 Å². The Labute approximate surface area is 116 Å². The van der Waals surface area contributed by atoms with Gasteiger partial charge in [0.1, 0.15) is 0 Å². The van der Waals surface area contributed by atoms with E-state index in [0.717, 1.165) is 13.0 Å². The first kappa shape index (κ1) is 14.1. The van der Waals surface area contributed by atoms with Gasteiger partial charge in [-0.3, -0.25) is 4.79 Å². The standard InChI is InChI=1S/C16H24N2O/c1-12-5-7-14(8-6-12)11-18-10-9-13(2)17-16(3,4)15(18)19/h5-8,13,17H,9-11H2,1-4H3. The van der Waals surface area contributed by atoms with Crippen LogP contribution in [0.5, 0.6) is 0 Å². The third kappa shape index (κ3) is 3.35. The smallest absolute Gasteiger partial charge is 0.242 e. The molecule has 1 N–H and O–H groups in total. The van der Waals surface area contributed by atoms with Crippen molar-refractivity contribution in [1.29, 1.82) is 0 Å². The van der Waals surface area contributed by atoms with Crippen molar-refractivity contribution in [2.45, 2.75) is 52.2 Å². The highest BCUT2D eigenvalue weighted by molar-refractivity contribution is 5.85. The lowest BCUT2D eigenvalue weighted by atomic mass is 10.0. The molecule has 0 radical (unpaired) electrons. The van der Waals surface area contributed by atoms with Crippen molar-refractivity contribution in [3.63, 3.8) is 0 Å². The summed E-state index contributed by atoms with van der Waals surface area (Å²) in [6.07, 6.45) is 1.00. The van der Waals surface area contributed by atoms with Crippen LogP contribution in [-0.4, -0.2) is 28.9 Å². The second kappa shape index (κ2) is 5.33. The van der Waals surface area contributed by atoms with E-state index in [1.165, 1.54) is 11.1 Å². The number of carbonyl (C=O) groups excluding carboxylic acids is 1. The number of nitrogens with one attached hydrogen (secondary N) is 1. The van der Waals surface area contributed by atoms with Gasteiger partial charge in [0.05, 0.1) is 5.54 Å². The summed E-state index contributed by atoms with van der Waals surface area (Å²) >= 11 is 0. The topological polar surface area (TPSA) is 32.3 Å². The van der Waals surface area contributed by atoms with Crippen molar-refractivity contribution >= 4 is 5.91 Å². The number of aryl methyl sites for hydroxylation is 1. The molecule has 1 heterocycles. The van der Waals surface area contributed by atoms with Crippen molar-refractivity contribution in [2.24, 2.45) is 0 Å². The molecule has 0 saturated carbocycles. The van der Waals surface area contributed by atoms with Crippen LogP contribution in [0.3, 0.4) is 0 Å². The van der Waals surface area contributed by atoms with E-state index in [-0.39, 0.29) is 5.91 Å². The molecule has 1 aromatic carbocycles. The molecule has 3 heteroatoms. The molecule has 0 aromatic heterocycles. The second-order valence-corrected chi connectivity index (χ2v) is 6.17. The molecule has 1 aliphatic rings. The summed E-state index contributed by atoms with van der Waals surface area (Å²) in [6.45, 7) is 9.69. The van der Waals surface area contributed by atoms with E-state index in [2.05, 4.69) is 43.4 Å². The molecule has 1 unspecified atom stereocenters. The predicted molar refractivity (Wildman–Crippen MR) is 77.9 cm³/mol. The fraction of sp³-hybridized carbons (Fsp3) is 0.562. The maximum Gasteiger partial charge on any atom is 0.242 e. The summed E-state index contributed by atoms with van der Waals surface area (Å²) in [4.78, 5) is 14.5. The van der Waals surface area contributed by atoms with Crippen LogP contribution in [0.2, 0.25) is 0 Å². The van der Waals surface area contributed by atoms with Gasteiger partial charge >= 0.3 is 0 Å². The molecule has 19 heavy (non-hydrogen) atoms. The minimum atomic E-state index is -0.472. The number of hydrogen-bond donors (Lipinski definition) is 1. The Kier molecular flexibility index (Phi) is 3.95. The maximum atomic E-state index is 12.5. The van der Waals surface area contributed by atoms with Gasteiger partial charge in [0, 0.05) is 19.1 Å². The van der Waals surface area contributed by atoms with Crippen LogP contribution in [0.15, 0.2) is 24.3 Å². The first-order chi connectivity index (χ1) is 8.88. The van der Waals surface area contributed by atoms with Gasteiger partial charge in [0.15, 0.2) is 0 Å². The van der Waals surface area contributed by atoms with E-state index in [4.69, 9.17) is 0 Å². The van der Waals surface area contributed by atoms with E-state index in [0.29, 0.717) is 12.6 Å². The molecule has 1 aliphatic heterocycles. The van der Waals surface area contributed by atoms with E-state index >= 15 is 0 Å². The monoisotopic (exact) mass is 260 g/mol. The maximum absolute atomic E-state index is 12.5. The Bertz CT molecular complexity index is 450. The highest BCUT2D eigenvalue weighted by Crippen LogP contribution is 2.18. The van der Waals surface area contributed by atoms with Crippen molar-refractivity contribution in [3.05, 3.63) is 35.4 Å². The van der Waals surface area contributed by atoms with Crippen LogP contribution in [0.4, 0.5) is 0 Å². The molecule has 1 aromatic rings. The zero-order valence-corrected chi connectivity index (χ0v) is 12.4. The minimum absolute atomic E-state index is 0.192. The summed E-state index contributed by atoms with van der Waals surface area (Å²) in [6, 6.07) is 8.80. The van der Waals surface area contributed by atoms with Gasteiger partial charge in [0.2, 0.25) is 5.91 Å². The third-order valence-corrected chi connectivity index (χ3v) is 3.76. The SMILES string of the molecule is Cc1ccc(CN2CCC(C)NC(C)(C)C2=O)cc1. The average Bonchev–Trinajstić information content (AvgIpc) is 2.43. The van der Waals surface area contributed by atoms with Gasteiger partial charge in [-0.25, -0.2) is 0 Å². The Morgan fingerprint density at radius 3 is 2.58 bits per heavy atom. The Hall–Kier alpha value is -1.35. The molecular weight excluding hydrogens is 236 g/mol. The molecule has 1 amide bonds. The highest BCUT2D eigenvalue weighted by atomic mass is 16.2. The average molecular weight is 260 g/mol. The molecule has 3 nitrogen and oxygen atoms in total. The Morgan fingerprint density at radius 2 is 1.95 bits per heavy atom. The van der Waals surface area contributed by atoms with Gasteiger partial charge in [0.25, 0.3) is 0 Å². The van der Waals surface area contributed by atoms with E-state index in [1.807, 2.05) is 18.7 Å². The van der Waals surface area contributed by atoms with E-state index in [9.17, 15) is 4.79 Å². The van der Waals surface area contributed by atoms with Gasteiger partial charge in [-0.15, -0.1) is 0 Å². The number of benzene rings is 1. The molecule has 1 saturated heterocycles. The van der Waals surface area contributed by atoms with Gasteiger partial charge in [-0.05, 0) is 39.7 Å². The van der Waals surface area contributed by atoms with Crippen molar-refractivity contribution in [2.75, 3.05) is 6.54 Å². The quantitative estimate of drug-likeness (QED) is 0.886. The van der Waals surface area contributed by atoms with Gasteiger partial charge in [-0.1, -0.05) is 29.8 Å². The molecular formula is C16H24N2O. The van der Waals surface area contributed by atoms with Gasteiger partial charge < -0.3 is 10.2 Å². The minimum Gasteiger partial charge on any atom is -0.337 e. The Morgan fingerprint density at radius 1 is 1.32 bits per heavy atom. The summed E-state index contributed by atoms with van der Waals surface area (Å²) in [7, 11) is 0. The van der Waals surface area contributed by atoms with Gasteiger partial charge in [-0.2, -0.15) is 0 Å². The zero-order valence-electron chi connectivity index (χ0n) is 12.4. The fourth-order valence-electron chi connectivity index (χ4n) is 2.66. The normalized spacial score (nSPS) is 23.3. The van der Waals surface area contributed by atoms with Crippen LogP contribution in [0, 0.1) is 6.92 Å². The number of amides is 1. The van der Waals surface area contributed by atoms with Crippen LogP contribution in [-0.2, 0) is 11.3 Å². The predicted octanol–water partition coefficient (Wildman–Crippen LogP) is 2.48. The lowest BCUT2D eigenvalue weighted by Gasteiger charge is -2.30. The van der Waals surface area contributed by atoms with Crippen LogP contribution in [0.1, 0.15) is 38.3 Å². The Balaban J connectivity index is 2.14. The molecule has 104 valence electrons. The lowest BCUT2D eigenvalue weighted by molar-refractivity contribution is -0.136. The molecule has 0 aliphatic carbocycles. The first-order valence-electron chi connectivity index (χ1n) is 7.01. The number of carbonyl (C=O) groups is 1. The molecule has 1 fully saturated rings. The largest absolute Gasteiger partial charge is 0.337 e. The lowest BCUT2D eigenvalue weighted by Crippen LogP contribution is -2.53. The highest BCUT2D eigenvalue weighted by Gasteiger charge is 2.35. The summed E-state index contributed by atoms with van der Waals surface area (Å²) in [5, 5.41) is 3.40. The summed E-state index contributed by atoms with van der Waals surface area (Å²) < 4.78 is 0. The number of nitrogens with zero attached hydrogens (tertiary/aromatic N) is 1. The molecule has 0 bridgehead atoms. The molecule has 2 rings (SSSR count). The zero-order chi connectivity index (χ0) is 14.0. The van der Waals surface area contributed by atoms with Crippen LogP contribution < -0.4 is 5.32 Å². The summed E-state index contributed by atoms with van der Waals surface area (Å²) in [5.41, 5.74) is 1.98. The number of hydrogen-bond acceptors (Lipinski definition) is 2. The second-order valence-electron chi connectivity index (χ2n) is 6.17. The third-order valence-electron chi connectivity index (χ3n) is 3.76. The van der Waals surface area contributed by atoms with Crippen LogP contribution >= 0.6 is 0 Å². The fourth-order valence-corrected chi connectivity index (χ4v) is 2.66. The number of rotatable bonds is 2. The van der Waals surface area contributed by atoms with Crippen molar-refractivity contribution < 1.29 is 4.79 Å². The first-order valence-corrected chi connectivity index (χ1v) is 7.01. The molecule has 0 spiro atoms. The van der Waals surface area contributed by atoms with E-state index in [1.54, 1.807) is 0 Å². The van der Waals surface area contributed by atoms with Crippen LogP contribution in [0.25, 0.3) is 0 Å². The van der Waals surface area contributed by atoms with Crippen molar-refractivity contribution in [1.82, 2.24) is 10.2 Å². The molecule has 1 atom stereocenters. The van der Waals surface area contributed by atoms with Crippen molar-refractivity contribution in [3.8, 4) is 0 Å². The summed E-state index contributed by atoms with van der Waals surface area (Å²) in [5.74, 6) is 0.192.